The van der Waals surface area contributed by atoms with Crippen molar-refractivity contribution >= 4 is 56.7 Å². The van der Waals surface area contributed by atoms with Gasteiger partial charge in [-0.1, -0.05) is 0 Å². The highest BCUT2D eigenvalue weighted by molar-refractivity contribution is 14.1. The van der Waals surface area contributed by atoms with Crippen molar-refractivity contribution in [2.45, 2.75) is 44.4 Å². The van der Waals surface area contributed by atoms with Crippen molar-refractivity contribution in [3.05, 3.63) is 49.8 Å². The van der Waals surface area contributed by atoms with E-state index in [1.165, 1.54) is 18.9 Å². The standard InChI is InChI=1S/C26H27F2IN6O2/c27-26(28)7-11-35(12-8-26)23-22-16(14-21(36)32-33-22)13-20(30-23)31-24(37)18-2-1-17(29)15-19(18)34-9-5-25(3-4-25)6-10-34/h1-2,13-15H,3-12H2,(H,32,36)(H,30,31,37). The molecule has 4 heterocycles. The maximum Gasteiger partial charge on any atom is 0.264 e. The van der Waals surface area contributed by atoms with E-state index in [1.54, 1.807) is 11.0 Å². The molecular weight excluding hydrogens is 593 g/mol. The summed E-state index contributed by atoms with van der Waals surface area (Å²) < 4.78 is 28.6. The fourth-order valence-electron chi connectivity index (χ4n) is 5.42. The fourth-order valence-corrected chi connectivity index (χ4v) is 5.90. The van der Waals surface area contributed by atoms with Crippen LogP contribution in [-0.4, -0.2) is 53.2 Å². The molecule has 11 heteroatoms. The number of piperidine rings is 2. The highest BCUT2D eigenvalue weighted by Crippen LogP contribution is 2.54. The summed E-state index contributed by atoms with van der Waals surface area (Å²) in [5.41, 5.74) is 1.98. The molecule has 194 valence electrons. The smallest absolute Gasteiger partial charge is 0.264 e. The number of carbonyl (C=O) groups is 1. The van der Waals surface area contributed by atoms with Crippen LogP contribution < -0.4 is 20.7 Å². The normalized spacial score (nSPS) is 20.3. The number of carbonyl (C=O) groups excluding carboxylic acids is 1. The van der Waals surface area contributed by atoms with Gasteiger partial charge in [0.2, 0.25) is 0 Å². The lowest BCUT2D eigenvalue weighted by Gasteiger charge is -2.35. The van der Waals surface area contributed by atoms with Crippen molar-refractivity contribution in [3.8, 4) is 0 Å². The molecule has 37 heavy (non-hydrogen) atoms. The summed E-state index contributed by atoms with van der Waals surface area (Å²) in [6.07, 6.45) is 4.32. The van der Waals surface area contributed by atoms with Crippen LogP contribution in [0.15, 0.2) is 35.1 Å². The number of fused-ring (bicyclic) bond motifs is 1. The summed E-state index contributed by atoms with van der Waals surface area (Å²) in [5.74, 6) is -2.40. The van der Waals surface area contributed by atoms with Gasteiger partial charge >= 0.3 is 0 Å². The Bertz CT molecular complexity index is 1420. The predicted octanol–water partition coefficient (Wildman–Crippen LogP) is 4.79. The lowest BCUT2D eigenvalue weighted by atomic mass is 9.93. The molecule has 3 aromatic rings. The van der Waals surface area contributed by atoms with E-state index >= 15 is 0 Å². The second-order valence-electron chi connectivity index (χ2n) is 10.4. The summed E-state index contributed by atoms with van der Waals surface area (Å²) >= 11 is 2.26. The number of rotatable bonds is 4. The number of H-pyrrole nitrogens is 1. The first-order valence-electron chi connectivity index (χ1n) is 12.6. The van der Waals surface area contributed by atoms with Gasteiger partial charge in [0, 0.05) is 54.0 Å². The molecule has 0 radical (unpaired) electrons. The number of aromatic nitrogens is 3. The number of amides is 1. The minimum atomic E-state index is -2.71. The minimum absolute atomic E-state index is 0.102. The Morgan fingerprint density at radius 3 is 2.38 bits per heavy atom. The molecule has 6 rings (SSSR count). The Balaban J connectivity index is 1.31. The molecule has 1 amide bonds. The second kappa shape index (κ2) is 9.17. The van der Waals surface area contributed by atoms with Gasteiger partial charge in [-0.3, -0.25) is 9.59 Å². The zero-order valence-electron chi connectivity index (χ0n) is 20.2. The Kier molecular flexibility index (Phi) is 6.08. The SMILES string of the molecule is O=C(Nc1cc2cc(=O)[nH]nc2c(N2CCC(F)(F)CC2)n1)c1ccc(I)cc1N1CCC2(CC1)CC2. The number of hydrogen-bond donors (Lipinski definition) is 2. The molecule has 0 bridgehead atoms. The van der Waals surface area contributed by atoms with Crippen molar-refractivity contribution < 1.29 is 13.6 Å². The van der Waals surface area contributed by atoms with Crippen molar-refractivity contribution in [2.24, 2.45) is 5.41 Å². The molecule has 2 aromatic heterocycles. The average molecular weight is 620 g/mol. The van der Waals surface area contributed by atoms with Crippen LogP contribution in [-0.2, 0) is 0 Å². The Hall–Kier alpha value is -2.83. The van der Waals surface area contributed by atoms with Crippen molar-refractivity contribution in [2.75, 3.05) is 41.3 Å². The number of nitrogens with zero attached hydrogens (tertiary/aromatic N) is 4. The van der Waals surface area contributed by atoms with E-state index in [0.717, 1.165) is 35.2 Å². The van der Waals surface area contributed by atoms with E-state index in [1.807, 2.05) is 18.2 Å². The monoisotopic (exact) mass is 620 g/mol. The van der Waals surface area contributed by atoms with Crippen LogP contribution in [0.5, 0.6) is 0 Å². The number of alkyl halides is 2. The first-order valence-corrected chi connectivity index (χ1v) is 13.7. The van der Waals surface area contributed by atoms with Gasteiger partial charge < -0.3 is 15.1 Å². The van der Waals surface area contributed by atoms with E-state index in [-0.39, 0.29) is 37.7 Å². The Morgan fingerprint density at radius 1 is 0.973 bits per heavy atom. The van der Waals surface area contributed by atoms with E-state index in [9.17, 15) is 18.4 Å². The third kappa shape index (κ3) is 5.01. The first-order chi connectivity index (χ1) is 17.7. The summed E-state index contributed by atoms with van der Waals surface area (Å²) in [6.45, 7) is 2.05. The van der Waals surface area contributed by atoms with Gasteiger partial charge in [-0.05, 0) is 78.0 Å². The maximum absolute atomic E-state index is 13.8. The Labute approximate surface area is 226 Å². The molecule has 8 nitrogen and oxygen atoms in total. The molecule has 3 aliphatic rings. The van der Waals surface area contributed by atoms with Gasteiger partial charge in [-0.25, -0.2) is 18.9 Å². The lowest BCUT2D eigenvalue weighted by Crippen LogP contribution is -2.40. The van der Waals surface area contributed by atoms with Gasteiger partial charge in [-0.15, -0.1) is 0 Å². The molecule has 2 saturated heterocycles. The summed E-state index contributed by atoms with van der Waals surface area (Å²) in [5, 5.41) is 9.91. The molecule has 1 saturated carbocycles. The zero-order valence-corrected chi connectivity index (χ0v) is 22.4. The van der Waals surface area contributed by atoms with Crippen LogP contribution in [0.1, 0.15) is 48.9 Å². The Morgan fingerprint density at radius 2 is 1.68 bits per heavy atom. The summed E-state index contributed by atoms with van der Waals surface area (Å²) in [4.78, 5) is 34.1. The van der Waals surface area contributed by atoms with E-state index in [4.69, 9.17) is 0 Å². The quantitative estimate of drug-likeness (QED) is 0.408. The van der Waals surface area contributed by atoms with Gasteiger partial charge in [0.1, 0.15) is 11.3 Å². The number of anilines is 3. The number of nitrogens with one attached hydrogen (secondary N) is 2. The molecule has 2 N–H and O–H groups in total. The molecule has 0 unspecified atom stereocenters. The van der Waals surface area contributed by atoms with Gasteiger partial charge in [0.25, 0.3) is 17.4 Å². The summed E-state index contributed by atoms with van der Waals surface area (Å²) in [6, 6.07) is 8.74. The number of pyridine rings is 1. The van der Waals surface area contributed by atoms with Crippen LogP contribution in [0, 0.1) is 8.99 Å². The minimum Gasteiger partial charge on any atom is -0.371 e. The lowest BCUT2D eigenvalue weighted by molar-refractivity contribution is -0.0221. The molecule has 1 spiro atoms. The molecule has 1 aliphatic carbocycles. The van der Waals surface area contributed by atoms with Gasteiger partial charge in [0.05, 0.1) is 11.3 Å². The van der Waals surface area contributed by atoms with Gasteiger partial charge in [0.15, 0.2) is 5.82 Å². The number of aromatic amines is 1. The van der Waals surface area contributed by atoms with Gasteiger partial charge in [-0.2, -0.15) is 5.10 Å². The third-order valence-electron chi connectivity index (χ3n) is 7.93. The number of hydrogen-bond acceptors (Lipinski definition) is 6. The van der Waals surface area contributed by atoms with Crippen LogP contribution in [0.4, 0.5) is 26.1 Å². The van der Waals surface area contributed by atoms with Crippen LogP contribution in [0.25, 0.3) is 10.9 Å². The number of halogens is 3. The molecule has 1 aromatic carbocycles. The highest BCUT2D eigenvalue weighted by atomic mass is 127. The maximum atomic E-state index is 13.8. The van der Waals surface area contributed by atoms with Crippen molar-refractivity contribution in [3.63, 3.8) is 0 Å². The molecule has 0 atom stereocenters. The van der Waals surface area contributed by atoms with E-state index < -0.39 is 11.5 Å². The predicted molar refractivity (Wildman–Crippen MR) is 147 cm³/mol. The molecular formula is C26H27F2IN6O2. The van der Waals surface area contributed by atoms with Crippen LogP contribution in [0.3, 0.4) is 0 Å². The van der Waals surface area contributed by atoms with E-state index in [0.29, 0.717) is 27.7 Å². The topological polar surface area (TPSA) is 94.2 Å². The largest absolute Gasteiger partial charge is 0.371 e. The molecule has 3 fully saturated rings. The van der Waals surface area contributed by atoms with Crippen molar-refractivity contribution in [1.29, 1.82) is 0 Å². The van der Waals surface area contributed by atoms with Crippen molar-refractivity contribution in [1.82, 2.24) is 15.2 Å². The van der Waals surface area contributed by atoms with E-state index in [2.05, 4.69) is 48.0 Å². The van der Waals surface area contributed by atoms with Crippen LogP contribution in [0.2, 0.25) is 0 Å². The van der Waals surface area contributed by atoms with Crippen LogP contribution >= 0.6 is 22.6 Å². The molecule has 2 aliphatic heterocycles. The number of benzene rings is 1. The average Bonchev–Trinajstić information content (AvgIpc) is 3.62. The third-order valence-corrected chi connectivity index (χ3v) is 8.60. The first kappa shape index (κ1) is 24.5. The summed E-state index contributed by atoms with van der Waals surface area (Å²) in [7, 11) is 0. The second-order valence-corrected chi connectivity index (χ2v) is 11.7. The highest BCUT2D eigenvalue weighted by Gasteiger charge is 2.44. The fraction of sp³-hybridized carbons (Fsp3) is 0.462. The zero-order chi connectivity index (χ0) is 25.8.